The molecule has 2 aliphatic rings. The van der Waals surface area contributed by atoms with E-state index in [1.807, 2.05) is 42.5 Å². The Morgan fingerprint density at radius 1 is 0.976 bits per heavy atom. The minimum atomic E-state index is -0.295. The van der Waals surface area contributed by atoms with E-state index in [0.29, 0.717) is 17.3 Å². The number of β-amino-alcohol motifs (C(OH)–C–C–N with tert-alkyl or cyclic N) is 1. The number of fused-ring (bicyclic) bond motifs is 1. The molecule has 0 radical (unpaired) electrons. The molecule has 4 aromatic rings. The van der Waals surface area contributed by atoms with Gasteiger partial charge in [-0.2, -0.15) is 0 Å². The SMILES string of the molecule is O=C(N[C@@H]1CCC[C@@H]1C(=O)Nc1ccc(-c2ccccc2CN2CCC(O)C2)cc1)c1ccc2nc(Cl)ccc2c1. The van der Waals surface area contributed by atoms with Gasteiger partial charge in [0.05, 0.1) is 17.5 Å². The molecule has 3 atom stereocenters. The number of halogens is 1. The topological polar surface area (TPSA) is 94.6 Å². The standard InChI is InChI=1S/C33H33ClN4O3/c34-31-15-11-22-18-23(10-14-29(22)36-31)32(40)37-30-7-3-6-28(30)33(41)35-25-12-8-21(9-13-25)27-5-2-1-4-24(27)19-38-17-16-26(39)20-38/h1-2,4-5,8-15,18,26,28,30,39H,3,6-7,16-17,19-20H2,(H,35,41)(H,37,40)/t26?,28-,30+/m0/s1. The first-order chi connectivity index (χ1) is 19.9. The lowest BCUT2D eigenvalue weighted by Crippen LogP contribution is -2.41. The van der Waals surface area contributed by atoms with Crippen molar-refractivity contribution >= 4 is 40.0 Å². The summed E-state index contributed by atoms with van der Waals surface area (Å²) in [5.74, 6) is -0.569. The van der Waals surface area contributed by atoms with Crippen LogP contribution in [0.1, 0.15) is 41.6 Å². The third kappa shape index (κ3) is 6.27. The van der Waals surface area contributed by atoms with Gasteiger partial charge in [-0.3, -0.25) is 14.5 Å². The number of hydrogen-bond donors (Lipinski definition) is 3. The van der Waals surface area contributed by atoms with E-state index in [1.54, 1.807) is 24.3 Å². The van der Waals surface area contributed by atoms with E-state index in [1.165, 1.54) is 5.56 Å². The number of nitrogens with one attached hydrogen (secondary N) is 2. The maximum atomic E-state index is 13.3. The molecule has 6 rings (SSSR count). The van der Waals surface area contributed by atoms with Gasteiger partial charge in [-0.05, 0) is 78.4 Å². The van der Waals surface area contributed by atoms with Crippen LogP contribution in [0.2, 0.25) is 5.15 Å². The van der Waals surface area contributed by atoms with Crippen molar-refractivity contribution in [2.24, 2.45) is 5.92 Å². The summed E-state index contributed by atoms with van der Waals surface area (Å²) in [7, 11) is 0. The van der Waals surface area contributed by atoms with Crippen molar-refractivity contribution < 1.29 is 14.7 Å². The van der Waals surface area contributed by atoms with Gasteiger partial charge in [0.25, 0.3) is 5.91 Å². The lowest BCUT2D eigenvalue weighted by molar-refractivity contribution is -0.120. The Hall–Kier alpha value is -3.78. The number of benzene rings is 3. The average molecular weight is 569 g/mol. The van der Waals surface area contributed by atoms with Crippen molar-refractivity contribution in [3.8, 4) is 11.1 Å². The average Bonchev–Trinajstić information content (AvgIpc) is 3.62. The van der Waals surface area contributed by atoms with E-state index in [2.05, 4.69) is 32.7 Å². The Labute approximate surface area is 244 Å². The number of carbonyl (C=O) groups excluding carboxylic acids is 2. The number of rotatable bonds is 7. The maximum absolute atomic E-state index is 13.3. The molecule has 1 saturated heterocycles. The second-order valence-corrected chi connectivity index (χ2v) is 11.4. The van der Waals surface area contributed by atoms with Crippen molar-refractivity contribution in [2.45, 2.75) is 44.4 Å². The molecule has 210 valence electrons. The van der Waals surface area contributed by atoms with E-state index < -0.39 is 0 Å². The van der Waals surface area contributed by atoms with Gasteiger partial charge >= 0.3 is 0 Å². The Morgan fingerprint density at radius 3 is 2.61 bits per heavy atom. The first-order valence-electron chi connectivity index (χ1n) is 14.2. The van der Waals surface area contributed by atoms with Crippen molar-refractivity contribution in [3.05, 3.63) is 95.1 Å². The second-order valence-electron chi connectivity index (χ2n) is 11.1. The molecule has 0 spiro atoms. The summed E-state index contributed by atoms with van der Waals surface area (Å²) in [5.41, 5.74) is 5.44. The van der Waals surface area contributed by atoms with E-state index in [9.17, 15) is 14.7 Å². The van der Waals surface area contributed by atoms with Gasteiger partial charge in [0.1, 0.15) is 5.15 Å². The van der Waals surface area contributed by atoms with Crippen LogP contribution in [0.25, 0.3) is 22.0 Å². The Morgan fingerprint density at radius 2 is 1.80 bits per heavy atom. The molecule has 8 heteroatoms. The van der Waals surface area contributed by atoms with Crippen LogP contribution in [0.15, 0.2) is 78.9 Å². The first-order valence-corrected chi connectivity index (χ1v) is 14.6. The molecule has 41 heavy (non-hydrogen) atoms. The second kappa shape index (κ2) is 12.0. The number of pyridine rings is 1. The summed E-state index contributed by atoms with van der Waals surface area (Å²) < 4.78 is 0. The predicted octanol–water partition coefficient (Wildman–Crippen LogP) is 5.66. The maximum Gasteiger partial charge on any atom is 0.251 e. The van der Waals surface area contributed by atoms with Gasteiger partial charge in [-0.1, -0.05) is 54.4 Å². The van der Waals surface area contributed by atoms with Crippen LogP contribution in [0.5, 0.6) is 0 Å². The van der Waals surface area contributed by atoms with Crippen molar-refractivity contribution in [1.82, 2.24) is 15.2 Å². The largest absolute Gasteiger partial charge is 0.392 e. The normalized spacial score (nSPS) is 20.8. The van der Waals surface area contributed by atoms with Gasteiger partial charge in [0, 0.05) is 42.3 Å². The van der Waals surface area contributed by atoms with E-state index in [4.69, 9.17) is 11.6 Å². The van der Waals surface area contributed by atoms with Crippen LogP contribution >= 0.6 is 11.6 Å². The quantitative estimate of drug-likeness (QED) is 0.250. The third-order valence-corrected chi connectivity index (χ3v) is 8.42. The molecular weight excluding hydrogens is 536 g/mol. The van der Waals surface area contributed by atoms with Crippen molar-refractivity contribution in [2.75, 3.05) is 18.4 Å². The van der Waals surface area contributed by atoms with Gasteiger partial charge < -0.3 is 15.7 Å². The van der Waals surface area contributed by atoms with Crippen LogP contribution in [-0.4, -0.2) is 52.0 Å². The highest BCUT2D eigenvalue weighted by molar-refractivity contribution is 6.29. The van der Waals surface area contributed by atoms with E-state index in [0.717, 1.165) is 66.5 Å². The third-order valence-electron chi connectivity index (χ3n) is 8.21. The molecule has 3 aromatic carbocycles. The monoisotopic (exact) mass is 568 g/mol. The summed E-state index contributed by atoms with van der Waals surface area (Å²) in [6.45, 7) is 2.40. The molecular formula is C33H33ClN4O3. The summed E-state index contributed by atoms with van der Waals surface area (Å²) in [6.07, 6.45) is 2.95. The number of amides is 2. The molecule has 2 heterocycles. The predicted molar refractivity (Wildman–Crippen MR) is 162 cm³/mol. The lowest BCUT2D eigenvalue weighted by Gasteiger charge is -2.21. The zero-order chi connectivity index (χ0) is 28.3. The number of likely N-dealkylation sites (tertiary alicyclic amines) is 1. The zero-order valence-electron chi connectivity index (χ0n) is 22.7. The Balaban J connectivity index is 1.09. The molecule has 1 aliphatic carbocycles. The molecule has 1 unspecified atom stereocenters. The zero-order valence-corrected chi connectivity index (χ0v) is 23.5. The molecule has 1 saturated carbocycles. The Bertz CT molecular complexity index is 1570. The van der Waals surface area contributed by atoms with Gasteiger partial charge in [-0.25, -0.2) is 4.98 Å². The number of carbonyl (C=O) groups is 2. The first kappa shape index (κ1) is 27.4. The summed E-state index contributed by atoms with van der Waals surface area (Å²) in [6, 6.07) is 24.9. The summed E-state index contributed by atoms with van der Waals surface area (Å²) in [4.78, 5) is 32.9. The van der Waals surface area contributed by atoms with Gasteiger partial charge in [-0.15, -0.1) is 0 Å². The van der Waals surface area contributed by atoms with Gasteiger partial charge in [0.15, 0.2) is 0 Å². The molecule has 0 bridgehead atoms. The molecule has 2 amide bonds. The number of nitrogens with zero attached hydrogens (tertiary/aromatic N) is 2. The van der Waals surface area contributed by atoms with E-state index >= 15 is 0 Å². The molecule has 1 aliphatic heterocycles. The van der Waals surface area contributed by atoms with E-state index in [-0.39, 0.29) is 29.9 Å². The lowest BCUT2D eigenvalue weighted by atomic mass is 9.98. The number of aromatic nitrogens is 1. The summed E-state index contributed by atoms with van der Waals surface area (Å²) in [5, 5.41) is 17.3. The Kier molecular flexibility index (Phi) is 8.01. The highest BCUT2D eigenvalue weighted by Gasteiger charge is 2.34. The fourth-order valence-electron chi connectivity index (χ4n) is 6.04. The van der Waals surface area contributed by atoms with Crippen molar-refractivity contribution in [1.29, 1.82) is 0 Å². The molecule has 1 aromatic heterocycles. The minimum Gasteiger partial charge on any atom is -0.392 e. The number of aliphatic hydroxyl groups is 1. The highest BCUT2D eigenvalue weighted by Crippen LogP contribution is 2.30. The number of anilines is 1. The molecule has 3 N–H and O–H groups in total. The molecule has 7 nitrogen and oxygen atoms in total. The minimum absolute atomic E-state index is 0.0779. The number of aliphatic hydroxyl groups excluding tert-OH is 1. The molecule has 2 fully saturated rings. The van der Waals surface area contributed by atoms with Crippen LogP contribution in [0.4, 0.5) is 5.69 Å². The number of hydrogen-bond acceptors (Lipinski definition) is 5. The fourth-order valence-corrected chi connectivity index (χ4v) is 6.20. The van der Waals surface area contributed by atoms with Crippen LogP contribution < -0.4 is 10.6 Å². The fraction of sp³-hybridized carbons (Fsp3) is 0.303. The van der Waals surface area contributed by atoms with Crippen LogP contribution in [0.3, 0.4) is 0 Å². The summed E-state index contributed by atoms with van der Waals surface area (Å²) >= 11 is 5.98. The van der Waals surface area contributed by atoms with Crippen molar-refractivity contribution in [3.63, 3.8) is 0 Å². The van der Waals surface area contributed by atoms with Crippen LogP contribution in [0, 0.1) is 5.92 Å². The van der Waals surface area contributed by atoms with Crippen LogP contribution in [-0.2, 0) is 11.3 Å². The van der Waals surface area contributed by atoms with Gasteiger partial charge in [0.2, 0.25) is 5.91 Å². The highest BCUT2D eigenvalue weighted by atomic mass is 35.5. The smallest absolute Gasteiger partial charge is 0.251 e.